The van der Waals surface area contributed by atoms with Crippen LogP contribution in [0.2, 0.25) is 0 Å². The third kappa shape index (κ3) is 8.82. The number of anilines is 2. The van der Waals surface area contributed by atoms with Crippen LogP contribution in [0.3, 0.4) is 0 Å². The number of nitrogens with one attached hydrogen (secondary N) is 2. The molecule has 4 aromatic carbocycles. The zero-order valence-electron chi connectivity index (χ0n) is 40.6. The number of aryl methyl sites for hydroxylation is 2. The van der Waals surface area contributed by atoms with Gasteiger partial charge in [0.15, 0.2) is 0 Å². The fraction of sp³-hybridized carbons (Fsp3) is 0.407. The molecule has 10 rings (SSSR count). The number of carbonyl (C=O) groups is 2. The van der Waals surface area contributed by atoms with Crippen molar-refractivity contribution in [2.75, 3.05) is 70.3 Å². The second kappa shape index (κ2) is 18.5. The van der Waals surface area contributed by atoms with Gasteiger partial charge in [0, 0.05) is 97.9 Å². The summed E-state index contributed by atoms with van der Waals surface area (Å²) < 4.78 is 15.2. The van der Waals surface area contributed by atoms with E-state index in [4.69, 9.17) is 14.6 Å². The van der Waals surface area contributed by atoms with Crippen molar-refractivity contribution in [1.29, 1.82) is 0 Å². The molecule has 0 radical (unpaired) electrons. The average molecular weight is 917 g/mol. The number of benzene rings is 4. The second-order valence-electron chi connectivity index (χ2n) is 19.5. The van der Waals surface area contributed by atoms with E-state index in [-0.39, 0.29) is 23.9 Å². The van der Waals surface area contributed by atoms with Gasteiger partial charge in [-0.2, -0.15) is 10.2 Å². The standard InChI is InChI=1S/C54H64N10O4/c1-33-11-12-44(64-32-51-52(64)31-59(51)5)23-49(33)53(65)57-35(3)38-17-40(22-48(20-38)68-8)43-26-56-63(29-43)28-41-18-46(62-15-14-61-13-9-10-45(61)30-62)24-50(34(41)2)54(66)58-36(4)37-16-39(21-47(19-37)67-7)42-25-55-60(6)27-42/h11-12,16-27,29,35-36,45,51-52H,9-10,13-15,28,30-32H2,1-8H3,(H,57,65)(H,58,66)/t35-,36-,45?,51?,52?/m1/s1. The first-order chi connectivity index (χ1) is 32.8. The molecule has 0 aliphatic carbocycles. The Balaban J connectivity index is 0.893. The highest BCUT2D eigenvalue weighted by Gasteiger charge is 2.49. The molecule has 354 valence electrons. The molecule has 4 aliphatic rings. The number of hydrogen-bond acceptors (Lipinski definition) is 10. The first-order valence-electron chi connectivity index (χ1n) is 24.0. The second-order valence-corrected chi connectivity index (χ2v) is 19.5. The summed E-state index contributed by atoms with van der Waals surface area (Å²) in [7, 11) is 7.40. The van der Waals surface area contributed by atoms with E-state index in [0.717, 1.165) is 101 Å². The van der Waals surface area contributed by atoms with Crippen molar-refractivity contribution in [2.45, 2.75) is 77.3 Å². The summed E-state index contributed by atoms with van der Waals surface area (Å²) in [5.41, 5.74) is 12.0. The van der Waals surface area contributed by atoms with Gasteiger partial charge in [-0.15, -0.1) is 0 Å². The molecule has 6 heterocycles. The number of rotatable bonds is 14. The third-order valence-corrected chi connectivity index (χ3v) is 15.1. The Morgan fingerprint density at radius 2 is 1.37 bits per heavy atom. The van der Waals surface area contributed by atoms with Gasteiger partial charge in [0.2, 0.25) is 0 Å². The average Bonchev–Trinajstić information content (AvgIpc) is 4.13. The highest BCUT2D eigenvalue weighted by molar-refractivity contribution is 5.98. The first-order valence-corrected chi connectivity index (χ1v) is 24.0. The minimum absolute atomic E-state index is 0.0997. The van der Waals surface area contributed by atoms with E-state index in [1.54, 1.807) is 18.9 Å². The summed E-state index contributed by atoms with van der Waals surface area (Å²) in [4.78, 5) is 38.3. The van der Waals surface area contributed by atoms with Crippen LogP contribution in [0.5, 0.6) is 11.5 Å². The Morgan fingerprint density at radius 3 is 2.00 bits per heavy atom. The fourth-order valence-electron chi connectivity index (χ4n) is 10.7. The lowest BCUT2D eigenvalue weighted by atomic mass is 9.85. The predicted octanol–water partition coefficient (Wildman–Crippen LogP) is 7.40. The minimum atomic E-state index is -0.303. The highest BCUT2D eigenvalue weighted by atomic mass is 16.5. The zero-order valence-corrected chi connectivity index (χ0v) is 40.6. The molecule has 2 aromatic heterocycles. The number of likely N-dealkylation sites (N-methyl/N-ethyl adjacent to an activating group) is 1. The van der Waals surface area contributed by atoms with Crippen molar-refractivity contribution in [3.63, 3.8) is 0 Å². The number of hydrogen-bond donors (Lipinski definition) is 2. The number of likely N-dealkylation sites (tertiary alicyclic amines) is 1. The molecule has 14 heteroatoms. The van der Waals surface area contributed by atoms with Crippen molar-refractivity contribution in [2.24, 2.45) is 7.05 Å². The maximum absolute atomic E-state index is 14.5. The van der Waals surface area contributed by atoms with Gasteiger partial charge in [-0.05, 0) is 154 Å². The third-order valence-electron chi connectivity index (χ3n) is 15.1. The summed E-state index contributed by atoms with van der Waals surface area (Å²) in [5.74, 6) is 1.18. The Hall–Kier alpha value is -6.64. The topological polar surface area (TPSA) is 125 Å². The van der Waals surface area contributed by atoms with Gasteiger partial charge in [0.05, 0.1) is 51.3 Å². The molecule has 14 nitrogen and oxygen atoms in total. The molecule has 3 unspecified atom stereocenters. The van der Waals surface area contributed by atoms with Crippen LogP contribution >= 0.6 is 0 Å². The van der Waals surface area contributed by atoms with Crippen LogP contribution in [0.15, 0.2) is 91.5 Å². The Bertz CT molecular complexity index is 2870. The maximum Gasteiger partial charge on any atom is 0.252 e. The van der Waals surface area contributed by atoms with Crippen LogP contribution in [-0.4, -0.2) is 120 Å². The van der Waals surface area contributed by atoms with E-state index in [1.807, 2.05) is 94.5 Å². The zero-order chi connectivity index (χ0) is 47.4. The van der Waals surface area contributed by atoms with E-state index in [1.165, 1.54) is 12.8 Å². The SMILES string of the molecule is COc1cc(-c2cnn(Cc3cc(N4CCN5CCCC5C4)cc(C(=O)N[C@H](C)c4cc(OC)cc(-c5cnn(C)c5)c4)c3C)c2)cc([C@@H](C)NC(=O)c2cc(N3CC4C3CN4C)ccc2C)c1. The van der Waals surface area contributed by atoms with Crippen LogP contribution in [0, 0.1) is 13.8 Å². The number of fused-ring (bicyclic) bond motifs is 2. The number of carbonyl (C=O) groups excluding carboxylic acids is 2. The smallest absolute Gasteiger partial charge is 0.252 e. The summed E-state index contributed by atoms with van der Waals surface area (Å²) in [6.07, 6.45) is 10.1. The van der Waals surface area contributed by atoms with Crippen molar-refractivity contribution >= 4 is 23.2 Å². The fourth-order valence-corrected chi connectivity index (χ4v) is 10.7. The Kier molecular flexibility index (Phi) is 12.3. The molecule has 4 fully saturated rings. The normalized spacial score (nSPS) is 19.9. The summed E-state index contributed by atoms with van der Waals surface area (Å²) in [5, 5.41) is 15.8. The number of amides is 2. The maximum atomic E-state index is 14.5. The molecule has 6 aromatic rings. The van der Waals surface area contributed by atoms with Gasteiger partial charge in [-0.25, -0.2) is 0 Å². The molecular weight excluding hydrogens is 853 g/mol. The van der Waals surface area contributed by atoms with Gasteiger partial charge < -0.3 is 29.9 Å². The minimum Gasteiger partial charge on any atom is -0.497 e. The van der Waals surface area contributed by atoms with E-state index in [0.29, 0.717) is 47.3 Å². The van der Waals surface area contributed by atoms with E-state index in [2.05, 4.69) is 78.8 Å². The molecule has 2 amide bonds. The van der Waals surface area contributed by atoms with Gasteiger partial charge in [0.1, 0.15) is 11.5 Å². The van der Waals surface area contributed by atoms with Crippen LogP contribution in [0.4, 0.5) is 11.4 Å². The molecule has 0 saturated carbocycles. The van der Waals surface area contributed by atoms with Gasteiger partial charge >= 0.3 is 0 Å². The molecule has 0 spiro atoms. The molecule has 2 N–H and O–H groups in total. The van der Waals surface area contributed by atoms with Gasteiger partial charge in [-0.3, -0.25) is 28.8 Å². The van der Waals surface area contributed by atoms with E-state index >= 15 is 0 Å². The summed E-state index contributed by atoms with van der Waals surface area (Å²) in [6, 6.07) is 23.8. The van der Waals surface area contributed by atoms with E-state index in [9.17, 15) is 9.59 Å². The molecule has 5 atom stereocenters. The highest BCUT2D eigenvalue weighted by Crippen LogP contribution is 2.38. The van der Waals surface area contributed by atoms with Gasteiger partial charge in [-0.1, -0.05) is 6.07 Å². The van der Waals surface area contributed by atoms with E-state index < -0.39 is 0 Å². The quantitative estimate of drug-likeness (QED) is 0.114. The van der Waals surface area contributed by atoms with Crippen LogP contribution < -0.4 is 29.9 Å². The molecule has 4 aliphatic heterocycles. The molecular formula is C54H64N10O4. The monoisotopic (exact) mass is 917 g/mol. The molecule has 4 saturated heterocycles. The summed E-state index contributed by atoms with van der Waals surface area (Å²) >= 11 is 0. The van der Waals surface area contributed by atoms with Crippen molar-refractivity contribution in [3.05, 3.63) is 130 Å². The van der Waals surface area contributed by atoms with Crippen molar-refractivity contribution in [3.8, 4) is 33.8 Å². The predicted molar refractivity (Wildman–Crippen MR) is 267 cm³/mol. The van der Waals surface area contributed by atoms with Crippen LogP contribution in [-0.2, 0) is 13.6 Å². The van der Waals surface area contributed by atoms with Crippen LogP contribution in [0.1, 0.15) is 87.3 Å². The lowest BCUT2D eigenvalue weighted by Crippen LogP contribution is -2.78. The molecule has 0 bridgehead atoms. The number of nitrogens with zero attached hydrogens (tertiary/aromatic N) is 8. The lowest BCUT2D eigenvalue weighted by molar-refractivity contribution is 0.0368. The number of piperazine rings is 2. The number of ether oxygens (including phenoxy) is 2. The van der Waals surface area contributed by atoms with Crippen molar-refractivity contribution in [1.82, 2.24) is 40.0 Å². The number of methoxy groups -OCH3 is 2. The first kappa shape index (κ1) is 45.2. The summed E-state index contributed by atoms with van der Waals surface area (Å²) in [6.45, 7) is 14.6. The largest absolute Gasteiger partial charge is 0.497 e. The molecule has 68 heavy (non-hydrogen) atoms. The van der Waals surface area contributed by atoms with Crippen molar-refractivity contribution < 1.29 is 19.1 Å². The van der Waals surface area contributed by atoms with Crippen LogP contribution in [0.25, 0.3) is 22.3 Å². The Labute approximate surface area is 399 Å². The number of aromatic nitrogens is 4. The Morgan fingerprint density at radius 1 is 0.706 bits per heavy atom. The van der Waals surface area contributed by atoms with Gasteiger partial charge in [0.25, 0.3) is 11.8 Å². The lowest BCUT2D eigenvalue weighted by Gasteiger charge is -2.62.